The summed E-state index contributed by atoms with van der Waals surface area (Å²) in [6, 6.07) is 7.67. The van der Waals surface area contributed by atoms with Crippen molar-refractivity contribution in [3.8, 4) is 0 Å². The first-order valence-electron chi connectivity index (χ1n) is 5.88. The van der Waals surface area contributed by atoms with Gasteiger partial charge in [-0.25, -0.2) is 0 Å². The van der Waals surface area contributed by atoms with Gasteiger partial charge in [0.05, 0.1) is 21.4 Å². The Kier molecular flexibility index (Phi) is 4.19. The Balaban J connectivity index is 2.07. The number of aryl methyl sites for hydroxylation is 2. The number of Topliss-reactive ketones (excluding diaryl/α,β-unsaturated/α-hetero) is 1. The minimum absolute atomic E-state index is 0.0720. The van der Waals surface area contributed by atoms with Crippen molar-refractivity contribution in [2.24, 2.45) is 7.05 Å². The number of carbonyl (C=O) groups is 1. The zero-order valence-corrected chi connectivity index (χ0v) is 11.9. The largest absolute Gasteiger partial charge is 0.293 e. The molecular formula is C13H13N3O3S. The summed E-state index contributed by atoms with van der Waals surface area (Å²) in [5.41, 5.74) is 1.17. The van der Waals surface area contributed by atoms with Gasteiger partial charge in [0, 0.05) is 24.7 Å². The highest BCUT2D eigenvalue weighted by Gasteiger charge is 2.13. The van der Waals surface area contributed by atoms with Crippen LogP contribution in [0.3, 0.4) is 0 Å². The van der Waals surface area contributed by atoms with Gasteiger partial charge in [-0.2, -0.15) is 5.10 Å². The maximum atomic E-state index is 12.0. The molecule has 0 atom stereocenters. The Labute approximate surface area is 119 Å². The zero-order chi connectivity index (χ0) is 14.7. The Hall–Kier alpha value is -2.15. The van der Waals surface area contributed by atoms with Crippen LogP contribution in [0.15, 0.2) is 35.4 Å². The number of thioether (sulfide) groups is 1. The lowest BCUT2D eigenvalue weighted by Crippen LogP contribution is -2.04. The fourth-order valence-corrected chi connectivity index (χ4v) is 2.66. The summed E-state index contributed by atoms with van der Waals surface area (Å²) >= 11 is 1.37. The number of carbonyl (C=O) groups excluding carboxylic acids is 1. The van der Waals surface area contributed by atoms with E-state index < -0.39 is 4.92 Å². The van der Waals surface area contributed by atoms with Crippen LogP contribution in [0.4, 0.5) is 5.69 Å². The van der Waals surface area contributed by atoms with Gasteiger partial charge in [-0.05, 0) is 13.0 Å². The molecule has 0 radical (unpaired) electrons. The molecule has 2 rings (SSSR count). The minimum atomic E-state index is -0.506. The lowest BCUT2D eigenvalue weighted by atomic mass is 10.1. The van der Waals surface area contributed by atoms with Crippen molar-refractivity contribution in [2.75, 3.05) is 5.75 Å². The van der Waals surface area contributed by atoms with E-state index in [0.717, 1.165) is 10.7 Å². The van der Waals surface area contributed by atoms with E-state index in [1.54, 1.807) is 10.7 Å². The number of nitro benzene ring substituents is 1. The van der Waals surface area contributed by atoms with Crippen molar-refractivity contribution in [3.05, 3.63) is 51.7 Å². The van der Waals surface area contributed by atoms with Gasteiger partial charge in [-0.3, -0.25) is 19.6 Å². The number of rotatable bonds is 5. The highest BCUT2D eigenvalue weighted by atomic mass is 32.2. The summed E-state index contributed by atoms with van der Waals surface area (Å²) in [5.74, 6) is 0.0812. The Morgan fingerprint density at radius 1 is 1.45 bits per heavy atom. The van der Waals surface area contributed by atoms with Gasteiger partial charge >= 0.3 is 0 Å². The zero-order valence-electron chi connectivity index (χ0n) is 11.1. The van der Waals surface area contributed by atoms with Gasteiger partial charge in [-0.1, -0.05) is 23.9 Å². The topological polar surface area (TPSA) is 78.0 Å². The Bertz CT molecular complexity index is 667. The van der Waals surface area contributed by atoms with Crippen molar-refractivity contribution in [1.29, 1.82) is 0 Å². The van der Waals surface area contributed by atoms with Crippen LogP contribution in [0.1, 0.15) is 16.1 Å². The van der Waals surface area contributed by atoms with Crippen molar-refractivity contribution in [1.82, 2.24) is 9.78 Å². The van der Waals surface area contributed by atoms with E-state index in [0.29, 0.717) is 5.56 Å². The number of hydrogen-bond acceptors (Lipinski definition) is 5. The molecule has 0 saturated heterocycles. The Morgan fingerprint density at radius 2 is 2.20 bits per heavy atom. The molecule has 20 heavy (non-hydrogen) atoms. The predicted octanol–water partition coefficient (Wildman–Crippen LogP) is 2.61. The number of benzene rings is 1. The van der Waals surface area contributed by atoms with Crippen molar-refractivity contribution >= 4 is 23.2 Å². The van der Waals surface area contributed by atoms with E-state index in [-0.39, 0.29) is 17.2 Å². The minimum Gasteiger partial charge on any atom is -0.293 e. The summed E-state index contributed by atoms with van der Waals surface area (Å²) in [5, 5.41) is 15.8. The lowest BCUT2D eigenvalue weighted by molar-refractivity contribution is -0.384. The molecule has 0 N–H and O–H groups in total. The SMILES string of the molecule is Cc1cc(SCC(=O)c2cccc([N+](=O)[O-])c2)n(C)n1. The molecule has 1 aromatic heterocycles. The smallest absolute Gasteiger partial charge is 0.270 e. The highest BCUT2D eigenvalue weighted by molar-refractivity contribution is 7.99. The quantitative estimate of drug-likeness (QED) is 0.366. The third-order valence-corrected chi connectivity index (χ3v) is 3.77. The molecular weight excluding hydrogens is 278 g/mol. The van der Waals surface area contributed by atoms with Crippen LogP contribution < -0.4 is 0 Å². The average molecular weight is 291 g/mol. The van der Waals surface area contributed by atoms with Crippen molar-refractivity contribution < 1.29 is 9.72 Å². The first-order valence-corrected chi connectivity index (χ1v) is 6.87. The molecule has 0 spiro atoms. The monoisotopic (exact) mass is 291 g/mol. The van der Waals surface area contributed by atoms with Crippen LogP contribution in [0.5, 0.6) is 0 Å². The molecule has 6 nitrogen and oxygen atoms in total. The standard InChI is InChI=1S/C13H13N3O3S/c1-9-6-13(15(2)14-9)20-8-12(17)10-4-3-5-11(7-10)16(18)19/h3-7H,8H2,1-2H3. The summed E-state index contributed by atoms with van der Waals surface area (Å²) in [6.45, 7) is 1.88. The second-order valence-electron chi connectivity index (χ2n) is 4.27. The second-order valence-corrected chi connectivity index (χ2v) is 5.26. The molecule has 2 aromatic rings. The number of nitro groups is 1. The molecule has 0 amide bonds. The van der Waals surface area contributed by atoms with E-state index >= 15 is 0 Å². The molecule has 0 aliphatic heterocycles. The molecule has 0 saturated carbocycles. The van der Waals surface area contributed by atoms with Gasteiger partial charge in [-0.15, -0.1) is 0 Å². The molecule has 0 aliphatic carbocycles. The molecule has 1 heterocycles. The van der Waals surface area contributed by atoms with E-state index in [4.69, 9.17) is 0 Å². The molecule has 0 aliphatic rings. The summed E-state index contributed by atoms with van der Waals surface area (Å²) in [4.78, 5) is 22.2. The van der Waals surface area contributed by atoms with E-state index in [9.17, 15) is 14.9 Å². The van der Waals surface area contributed by atoms with Crippen LogP contribution in [0.25, 0.3) is 0 Å². The third kappa shape index (κ3) is 3.24. The van der Waals surface area contributed by atoms with Gasteiger partial charge < -0.3 is 0 Å². The van der Waals surface area contributed by atoms with Crippen LogP contribution in [-0.4, -0.2) is 26.2 Å². The van der Waals surface area contributed by atoms with Crippen LogP contribution in [-0.2, 0) is 7.05 Å². The Morgan fingerprint density at radius 3 is 2.80 bits per heavy atom. The number of ketones is 1. The van der Waals surface area contributed by atoms with E-state index in [1.165, 1.54) is 30.0 Å². The summed E-state index contributed by atoms with van der Waals surface area (Å²) < 4.78 is 1.71. The van der Waals surface area contributed by atoms with Crippen LogP contribution >= 0.6 is 11.8 Å². The maximum Gasteiger partial charge on any atom is 0.270 e. The second kappa shape index (κ2) is 5.87. The van der Waals surface area contributed by atoms with Crippen LogP contribution in [0.2, 0.25) is 0 Å². The summed E-state index contributed by atoms with van der Waals surface area (Å²) in [6.07, 6.45) is 0. The van der Waals surface area contributed by atoms with E-state index in [1.807, 2.05) is 20.0 Å². The fraction of sp³-hybridized carbons (Fsp3) is 0.231. The van der Waals surface area contributed by atoms with Gasteiger partial charge in [0.15, 0.2) is 5.78 Å². The van der Waals surface area contributed by atoms with Crippen molar-refractivity contribution in [2.45, 2.75) is 11.9 Å². The number of nitrogens with zero attached hydrogens (tertiary/aromatic N) is 3. The molecule has 0 unspecified atom stereocenters. The van der Waals surface area contributed by atoms with Gasteiger partial charge in [0.1, 0.15) is 0 Å². The normalized spacial score (nSPS) is 10.5. The highest BCUT2D eigenvalue weighted by Crippen LogP contribution is 2.21. The molecule has 104 valence electrons. The average Bonchev–Trinajstić information content (AvgIpc) is 2.74. The molecule has 0 fully saturated rings. The molecule has 1 aromatic carbocycles. The number of non-ortho nitro benzene ring substituents is 1. The lowest BCUT2D eigenvalue weighted by Gasteiger charge is -2.02. The van der Waals surface area contributed by atoms with E-state index in [2.05, 4.69) is 5.10 Å². The number of hydrogen-bond donors (Lipinski definition) is 0. The summed E-state index contributed by atoms with van der Waals surface area (Å²) in [7, 11) is 1.81. The molecule has 0 bridgehead atoms. The van der Waals surface area contributed by atoms with Gasteiger partial charge in [0.25, 0.3) is 5.69 Å². The molecule has 7 heteroatoms. The first kappa shape index (κ1) is 14.3. The van der Waals surface area contributed by atoms with Crippen molar-refractivity contribution in [3.63, 3.8) is 0 Å². The first-order chi connectivity index (χ1) is 9.47. The predicted molar refractivity (Wildman–Crippen MR) is 76.1 cm³/mol. The third-order valence-electron chi connectivity index (χ3n) is 2.69. The maximum absolute atomic E-state index is 12.0. The van der Waals surface area contributed by atoms with Crippen LogP contribution in [0, 0.1) is 17.0 Å². The van der Waals surface area contributed by atoms with Gasteiger partial charge in [0.2, 0.25) is 0 Å². The fourth-order valence-electron chi connectivity index (χ4n) is 1.74. The number of aromatic nitrogens is 2.